The predicted octanol–water partition coefficient (Wildman–Crippen LogP) is 1.79. The number of hydrogen-bond donors (Lipinski definition) is 1. The van der Waals surface area contributed by atoms with Gasteiger partial charge < -0.3 is 14.5 Å². The number of morpholine rings is 1. The molecule has 1 aliphatic heterocycles. The van der Waals surface area contributed by atoms with Crippen LogP contribution in [0, 0.1) is 6.92 Å². The van der Waals surface area contributed by atoms with Gasteiger partial charge in [0.2, 0.25) is 5.76 Å². The first-order chi connectivity index (χ1) is 11.2. The lowest BCUT2D eigenvalue weighted by Crippen LogP contribution is -2.43. The number of benzene rings is 1. The number of nitrogens with zero attached hydrogens (tertiary/aromatic N) is 2. The van der Waals surface area contributed by atoms with E-state index in [4.69, 9.17) is 9.15 Å². The lowest BCUT2D eigenvalue weighted by Gasteiger charge is -2.31. The Morgan fingerprint density at radius 2 is 2.04 bits per heavy atom. The topological polar surface area (TPSA) is 67.6 Å². The zero-order chi connectivity index (χ0) is 16.1. The van der Waals surface area contributed by atoms with Crippen LogP contribution >= 0.6 is 0 Å². The fraction of sp³-hybridized carbons (Fsp3) is 0.412. The third-order valence-electron chi connectivity index (χ3n) is 4.00. The van der Waals surface area contributed by atoms with Gasteiger partial charge in [-0.2, -0.15) is 0 Å². The number of carbonyl (C=O) groups is 1. The van der Waals surface area contributed by atoms with Crippen LogP contribution in [0.1, 0.15) is 27.9 Å². The lowest BCUT2D eigenvalue weighted by atomic mass is 10.1. The first kappa shape index (κ1) is 15.7. The van der Waals surface area contributed by atoms with Crippen LogP contribution in [0.5, 0.6) is 0 Å². The van der Waals surface area contributed by atoms with Gasteiger partial charge in [-0.25, -0.2) is 4.98 Å². The summed E-state index contributed by atoms with van der Waals surface area (Å²) in [5.41, 5.74) is 1.67. The number of amides is 1. The Morgan fingerprint density at radius 3 is 2.70 bits per heavy atom. The van der Waals surface area contributed by atoms with Gasteiger partial charge in [0.15, 0.2) is 6.39 Å². The van der Waals surface area contributed by atoms with Gasteiger partial charge in [0.1, 0.15) is 0 Å². The molecule has 6 nitrogen and oxygen atoms in total. The number of hydrogen-bond acceptors (Lipinski definition) is 5. The number of carbonyl (C=O) groups excluding carboxylic acids is 1. The molecular weight excluding hydrogens is 294 g/mol. The van der Waals surface area contributed by atoms with Crippen LogP contribution in [-0.2, 0) is 4.74 Å². The lowest BCUT2D eigenvalue weighted by molar-refractivity contribution is 0.0331. The van der Waals surface area contributed by atoms with Crippen LogP contribution in [0.4, 0.5) is 0 Å². The molecule has 0 bridgehead atoms. The molecule has 6 heteroatoms. The van der Waals surface area contributed by atoms with Gasteiger partial charge in [0.25, 0.3) is 5.91 Å². The molecule has 1 amide bonds. The van der Waals surface area contributed by atoms with Gasteiger partial charge in [-0.3, -0.25) is 9.69 Å². The van der Waals surface area contributed by atoms with Crippen LogP contribution in [0.15, 0.2) is 41.1 Å². The molecule has 23 heavy (non-hydrogen) atoms. The molecule has 0 saturated carbocycles. The fourth-order valence-electron chi connectivity index (χ4n) is 2.71. The summed E-state index contributed by atoms with van der Waals surface area (Å²) < 4.78 is 10.6. The van der Waals surface area contributed by atoms with Gasteiger partial charge >= 0.3 is 0 Å². The predicted molar refractivity (Wildman–Crippen MR) is 85.1 cm³/mol. The maximum atomic E-state index is 12.5. The molecular formula is C17H21N3O3. The van der Waals surface area contributed by atoms with Crippen molar-refractivity contribution in [3.05, 3.63) is 53.7 Å². The number of oxazole rings is 1. The number of aromatic nitrogens is 1. The minimum atomic E-state index is -0.234. The van der Waals surface area contributed by atoms with Crippen molar-refractivity contribution in [1.82, 2.24) is 15.2 Å². The number of ether oxygens (including phenoxy) is 1. The van der Waals surface area contributed by atoms with Crippen LogP contribution in [-0.4, -0.2) is 48.6 Å². The number of rotatable bonds is 5. The van der Waals surface area contributed by atoms with E-state index in [1.54, 1.807) is 6.92 Å². The summed E-state index contributed by atoms with van der Waals surface area (Å²) in [6.45, 7) is 5.72. The van der Waals surface area contributed by atoms with E-state index in [1.165, 1.54) is 6.39 Å². The Labute approximate surface area is 135 Å². The van der Waals surface area contributed by atoms with E-state index >= 15 is 0 Å². The Bertz CT molecular complexity index is 636. The molecule has 0 radical (unpaired) electrons. The average molecular weight is 315 g/mol. The van der Waals surface area contributed by atoms with Gasteiger partial charge in [-0.05, 0) is 12.5 Å². The van der Waals surface area contributed by atoms with Crippen molar-refractivity contribution in [2.45, 2.75) is 13.0 Å². The second kappa shape index (κ2) is 7.39. The van der Waals surface area contributed by atoms with E-state index in [2.05, 4.69) is 15.2 Å². The molecule has 1 atom stereocenters. The summed E-state index contributed by atoms with van der Waals surface area (Å²) in [5, 5.41) is 3.07. The second-order valence-electron chi connectivity index (χ2n) is 5.62. The standard InChI is InChI=1S/C17H21N3O3/c1-13-16(23-12-18-13)17(21)19-15(14-5-3-2-4-6-14)11-20-7-9-22-10-8-20/h2-6,12,15H,7-11H2,1H3,(H,19,21)/t15-/m0/s1. The van der Waals surface area contributed by atoms with Crippen molar-refractivity contribution in [2.75, 3.05) is 32.8 Å². The van der Waals surface area contributed by atoms with E-state index < -0.39 is 0 Å². The third kappa shape index (κ3) is 3.97. The molecule has 0 unspecified atom stereocenters. The molecule has 122 valence electrons. The highest BCUT2D eigenvalue weighted by Crippen LogP contribution is 2.17. The summed E-state index contributed by atoms with van der Waals surface area (Å²) >= 11 is 0. The molecule has 0 aliphatic carbocycles. The molecule has 1 saturated heterocycles. The number of aryl methyl sites for hydroxylation is 1. The van der Waals surface area contributed by atoms with Crippen molar-refractivity contribution in [1.29, 1.82) is 0 Å². The van der Waals surface area contributed by atoms with Crippen molar-refractivity contribution >= 4 is 5.91 Å². The summed E-state index contributed by atoms with van der Waals surface area (Å²) in [4.78, 5) is 18.7. The van der Waals surface area contributed by atoms with Crippen molar-refractivity contribution < 1.29 is 13.9 Å². The minimum absolute atomic E-state index is 0.105. The van der Waals surface area contributed by atoms with Crippen molar-refractivity contribution in [3.63, 3.8) is 0 Å². The van der Waals surface area contributed by atoms with Crippen LogP contribution in [0.2, 0.25) is 0 Å². The molecule has 0 spiro atoms. The van der Waals surface area contributed by atoms with Crippen molar-refractivity contribution in [3.8, 4) is 0 Å². The normalized spacial score (nSPS) is 16.9. The van der Waals surface area contributed by atoms with E-state index in [-0.39, 0.29) is 17.7 Å². The van der Waals surface area contributed by atoms with Crippen LogP contribution in [0.3, 0.4) is 0 Å². The Kier molecular flexibility index (Phi) is 5.05. The van der Waals surface area contributed by atoms with E-state index in [9.17, 15) is 4.79 Å². The molecule has 1 fully saturated rings. The molecule has 1 aromatic heterocycles. The molecule has 2 heterocycles. The summed E-state index contributed by atoms with van der Waals surface area (Å²) in [5.74, 6) is 0.0371. The largest absolute Gasteiger partial charge is 0.438 e. The minimum Gasteiger partial charge on any atom is -0.438 e. The molecule has 2 aromatic rings. The highest BCUT2D eigenvalue weighted by molar-refractivity contribution is 5.92. The first-order valence-electron chi connectivity index (χ1n) is 7.80. The molecule has 1 N–H and O–H groups in total. The first-order valence-corrected chi connectivity index (χ1v) is 7.80. The monoisotopic (exact) mass is 315 g/mol. The van der Waals surface area contributed by atoms with Gasteiger partial charge in [0, 0.05) is 19.6 Å². The zero-order valence-corrected chi connectivity index (χ0v) is 13.2. The Morgan fingerprint density at radius 1 is 1.30 bits per heavy atom. The fourth-order valence-corrected chi connectivity index (χ4v) is 2.71. The Balaban J connectivity index is 1.74. The van der Waals surface area contributed by atoms with Crippen LogP contribution < -0.4 is 5.32 Å². The quantitative estimate of drug-likeness (QED) is 0.911. The molecule has 1 aliphatic rings. The number of nitrogens with one attached hydrogen (secondary N) is 1. The summed E-state index contributed by atoms with van der Waals surface area (Å²) in [6.07, 6.45) is 1.30. The maximum Gasteiger partial charge on any atom is 0.289 e. The molecule has 3 rings (SSSR count). The third-order valence-corrected chi connectivity index (χ3v) is 4.00. The summed E-state index contributed by atoms with van der Waals surface area (Å²) in [7, 11) is 0. The van der Waals surface area contributed by atoms with Crippen LogP contribution in [0.25, 0.3) is 0 Å². The zero-order valence-electron chi connectivity index (χ0n) is 13.2. The summed E-state index contributed by atoms with van der Waals surface area (Å²) in [6, 6.07) is 9.88. The van der Waals surface area contributed by atoms with E-state index in [0.717, 1.165) is 38.4 Å². The van der Waals surface area contributed by atoms with E-state index in [1.807, 2.05) is 30.3 Å². The average Bonchev–Trinajstić information content (AvgIpc) is 3.02. The van der Waals surface area contributed by atoms with Gasteiger partial charge in [-0.15, -0.1) is 0 Å². The van der Waals surface area contributed by atoms with Crippen molar-refractivity contribution in [2.24, 2.45) is 0 Å². The second-order valence-corrected chi connectivity index (χ2v) is 5.62. The van der Waals surface area contributed by atoms with E-state index in [0.29, 0.717) is 5.69 Å². The smallest absolute Gasteiger partial charge is 0.289 e. The van der Waals surface area contributed by atoms with Gasteiger partial charge in [-0.1, -0.05) is 30.3 Å². The highest BCUT2D eigenvalue weighted by atomic mass is 16.5. The SMILES string of the molecule is Cc1ncoc1C(=O)N[C@@H](CN1CCOCC1)c1ccccc1. The Hall–Kier alpha value is -2.18. The maximum absolute atomic E-state index is 12.5. The highest BCUT2D eigenvalue weighted by Gasteiger charge is 2.22. The molecule has 1 aromatic carbocycles. The van der Waals surface area contributed by atoms with Gasteiger partial charge in [0.05, 0.1) is 24.9 Å².